The molecule has 0 aliphatic carbocycles. The van der Waals surface area contributed by atoms with E-state index in [9.17, 15) is 22.8 Å². The first-order chi connectivity index (χ1) is 16.6. The summed E-state index contributed by atoms with van der Waals surface area (Å²) in [7, 11) is 1.57. The van der Waals surface area contributed by atoms with Crippen LogP contribution < -0.4 is 10.1 Å². The molecule has 0 saturated carbocycles. The number of benzene rings is 3. The van der Waals surface area contributed by atoms with Gasteiger partial charge in [0.15, 0.2) is 17.4 Å². The summed E-state index contributed by atoms with van der Waals surface area (Å²) >= 11 is 0. The third-order valence-electron chi connectivity index (χ3n) is 5.70. The van der Waals surface area contributed by atoms with E-state index in [4.69, 9.17) is 9.73 Å². The number of carbonyl (C=O) groups excluding carboxylic acids is 2. The molecule has 5 nitrogen and oxygen atoms in total. The molecule has 4 rings (SSSR count). The van der Waals surface area contributed by atoms with Crippen molar-refractivity contribution in [3.05, 3.63) is 94.3 Å². The smallest absolute Gasteiger partial charge is 0.258 e. The van der Waals surface area contributed by atoms with Gasteiger partial charge >= 0.3 is 0 Å². The number of carbonyl (C=O) groups is 2. The summed E-state index contributed by atoms with van der Waals surface area (Å²) in [5.41, 5.74) is 1.87. The number of rotatable bonds is 6. The molecule has 35 heavy (non-hydrogen) atoms. The van der Waals surface area contributed by atoms with E-state index in [0.29, 0.717) is 29.2 Å². The van der Waals surface area contributed by atoms with E-state index < -0.39 is 28.9 Å². The molecular weight excluding hydrogens is 457 g/mol. The van der Waals surface area contributed by atoms with Crippen molar-refractivity contribution in [3.8, 4) is 5.75 Å². The van der Waals surface area contributed by atoms with Crippen LogP contribution in [0, 0.1) is 17.5 Å². The number of hydrogen-bond donors (Lipinski definition) is 1. The Morgan fingerprint density at radius 2 is 1.83 bits per heavy atom. The first-order valence-corrected chi connectivity index (χ1v) is 10.9. The number of hydrogen-bond acceptors (Lipinski definition) is 4. The molecule has 1 heterocycles. The van der Waals surface area contributed by atoms with Crippen molar-refractivity contribution in [3.63, 3.8) is 0 Å². The van der Waals surface area contributed by atoms with Gasteiger partial charge in [-0.1, -0.05) is 18.2 Å². The lowest BCUT2D eigenvalue weighted by atomic mass is 9.85. The van der Waals surface area contributed by atoms with E-state index in [1.165, 1.54) is 12.1 Å². The van der Waals surface area contributed by atoms with Crippen LogP contribution in [0.15, 0.2) is 59.6 Å². The Morgan fingerprint density at radius 3 is 2.57 bits per heavy atom. The van der Waals surface area contributed by atoms with Gasteiger partial charge < -0.3 is 10.1 Å². The van der Waals surface area contributed by atoms with Crippen LogP contribution in [0.25, 0.3) is 0 Å². The van der Waals surface area contributed by atoms with E-state index in [1.807, 2.05) is 32.0 Å². The van der Waals surface area contributed by atoms with Crippen LogP contribution in [-0.2, 0) is 6.42 Å². The predicted molar refractivity (Wildman–Crippen MR) is 127 cm³/mol. The van der Waals surface area contributed by atoms with Gasteiger partial charge in [-0.2, -0.15) is 0 Å². The molecule has 0 saturated heterocycles. The summed E-state index contributed by atoms with van der Waals surface area (Å²) in [6.45, 7) is 3.99. The molecule has 1 aliphatic rings. The fourth-order valence-electron chi connectivity index (χ4n) is 4.12. The van der Waals surface area contributed by atoms with Crippen molar-refractivity contribution in [2.75, 3.05) is 12.4 Å². The second-order valence-electron chi connectivity index (χ2n) is 8.95. The quantitative estimate of drug-likeness (QED) is 0.360. The lowest BCUT2D eigenvalue weighted by Gasteiger charge is -2.29. The monoisotopic (exact) mass is 480 g/mol. The van der Waals surface area contributed by atoms with E-state index in [0.717, 1.165) is 17.5 Å². The van der Waals surface area contributed by atoms with Crippen LogP contribution in [0.3, 0.4) is 0 Å². The Balaban J connectivity index is 1.57. The fraction of sp³-hybridized carbons (Fsp3) is 0.222. The minimum Gasteiger partial charge on any atom is -0.497 e. The fourth-order valence-corrected chi connectivity index (χ4v) is 4.12. The van der Waals surface area contributed by atoms with Gasteiger partial charge in [0.05, 0.1) is 30.3 Å². The van der Waals surface area contributed by atoms with Gasteiger partial charge in [0.2, 0.25) is 0 Å². The molecule has 1 N–H and O–H groups in total. The molecular formula is C27H23F3N2O3. The molecule has 0 aromatic heterocycles. The van der Waals surface area contributed by atoms with E-state index in [1.54, 1.807) is 19.2 Å². The van der Waals surface area contributed by atoms with E-state index in [2.05, 4.69) is 5.32 Å². The Bertz CT molecular complexity index is 1370. The Hall–Kier alpha value is -3.94. The number of halogens is 3. The second kappa shape index (κ2) is 9.37. The number of fused-ring (bicyclic) bond motifs is 1. The minimum atomic E-state index is -1.47. The number of anilines is 1. The van der Waals surface area contributed by atoms with Crippen molar-refractivity contribution >= 4 is 23.1 Å². The maximum Gasteiger partial charge on any atom is 0.258 e. The lowest BCUT2D eigenvalue weighted by molar-refractivity contribution is 0.0995. The number of nitrogens with one attached hydrogen (secondary N) is 1. The van der Waals surface area contributed by atoms with Gasteiger partial charge in [-0.05, 0) is 56.2 Å². The SMILES string of the molecule is COc1ccc2c(c1)C(CC(=O)c1cccc(NC(=O)c3cc(F)cc(F)c3F)c1)=NC(C)(C)C2. The molecule has 1 amide bonds. The summed E-state index contributed by atoms with van der Waals surface area (Å²) in [5.74, 6) is -4.62. The minimum absolute atomic E-state index is 0.0186. The number of aliphatic imine (C=N–C) groups is 1. The first kappa shape index (κ1) is 24.2. The van der Waals surface area contributed by atoms with E-state index in [-0.39, 0.29) is 23.4 Å². The molecule has 1 aliphatic heterocycles. The molecule has 3 aromatic rings. The second-order valence-corrected chi connectivity index (χ2v) is 8.95. The maximum atomic E-state index is 14.0. The lowest BCUT2D eigenvalue weighted by Crippen LogP contribution is -2.30. The molecule has 0 fully saturated rings. The highest BCUT2D eigenvalue weighted by atomic mass is 19.2. The van der Waals surface area contributed by atoms with Crippen LogP contribution >= 0.6 is 0 Å². The Morgan fingerprint density at radius 1 is 1.06 bits per heavy atom. The maximum absolute atomic E-state index is 14.0. The zero-order chi connectivity index (χ0) is 25.3. The van der Waals surface area contributed by atoms with Gasteiger partial charge in [0.1, 0.15) is 11.6 Å². The van der Waals surface area contributed by atoms with Gasteiger partial charge in [-0.25, -0.2) is 13.2 Å². The number of methoxy groups -OCH3 is 1. The molecule has 0 bridgehead atoms. The highest BCUT2D eigenvalue weighted by molar-refractivity contribution is 6.17. The average Bonchev–Trinajstić information content (AvgIpc) is 2.80. The zero-order valence-electron chi connectivity index (χ0n) is 19.4. The van der Waals surface area contributed by atoms with Crippen LogP contribution in [0.1, 0.15) is 52.1 Å². The number of nitrogens with zero attached hydrogens (tertiary/aromatic N) is 1. The van der Waals surface area contributed by atoms with Gasteiger partial charge in [-0.15, -0.1) is 0 Å². The molecule has 0 radical (unpaired) electrons. The van der Waals surface area contributed by atoms with Gasteiger partial charge in [0.25, 0.3) is 5.91 Å². The van der Waals surface area contributed by atoms with Crippen molar-refractivity contribution in [1.82, 2.24) is 0 Å². The van der Waals surface area contributed by atoms with E-state index >= 15 is 0 Å². The standard InChI is InChI=1S/C27H23F3N2O3/c1-27(2)14-16-7-8-19(35-3)12-20(16)23(32-27)13-24(33)15-5-4-6-18(9-15)31-26(34)21-10-17(28)11-22(29)25(21)30/h4-12H,13-14H2,1-3H3,(H,31,34). The van der Waals surface area contributed by atoms with Crippen molar-refractivity contribution in [1.29, 1.82) is 0 Å². The van der Waals surface area contributed by atoms with Crippen molar-refractivity contribution < 1.29 is 27.5 Å². The number of amides is 1. The number of Topliss-reactive ketones (excluding diaryl/α,β-unsaturated/α-hetero) is 1. The highest BCUT2D eigenvalue weighted by Gasteiger charge is 2.28. The number of ketones is 1. The zero-order valence-corrected chi connectivity index (χ0v) is 19.4. The van der Waals surface area contributed by atoms with Crippen molar-refractivity contribution in [2.24, 2.45) is 4.99 Å². The Labute approximate surface area is 200 Å². The summed E-state index contributed by atoms with van der Waals surface area (Å²) in [6.07, 6.45) is 0.744. The molecule has 0 atom stereocenters. The molecule has 0 spiro atoms. The van der Waals surface area contributed by atoms with Crippen LogP contribution in [0.2, 0.25) is 0 Å². The number of ether oxygens (including phenoxy) is 1. The molecule has 180 valence electrons. The predicted octanol–water partition coefficient (Wildman–Crippen LogP) is 5.76. The highest BCUT2D eigenvalue weighted by Crippen LogP contribution is 2.31. The Kier molecular flexibility index (Phi) is 6.47. The topological polar surface area (TPSA) is 67.8 Å². The third-order valence-corrected chi connectivity index (χ3v) is 5.70. The summed E-state index contributed by atoms with van der Waals surface area (Å²) in [6, 6.07) is 12.7. The third kappa shape index (κ3) is 5.26. The molecule has 8 heteroatoms. The summed E-state index contributed by atoms with van der Waals surface area (Å²) in [5, 5.41) is 2.38. The van der Waals surface area contributed by atoms with Crippen molar-refractivity contribution in [2.45, 2.75) is 32.2 Å². The summed E-state index contributed by atoms with van der Waals surface area (Å²) in [4.78, 5) is 30.4. The normalized spacial score (nSPS) is 14.1. The molecule has 3 aromatic carbocycles. The first-order valence-electron chi connectivity index (χ1n) is 10.9. The largest absolute Gasteiger partial charge is 0.497 e. The van der Waals surface area contributed by atoms with Crippen LogP contribution in [0.5, 0.6) is 5.75 Å². The molecule has 0 unspecified atom stereocenters. The van der Waals surface area contributed by atoms with Crippen LogP contribution in [0.4, 0.5) is 18.9 Å². The summed E-state index contributed by atoms with van der Waals surface area (Å²) < 4.78 is 46.2. The van der Waals surface area contributed by atoms with Gasteiger partial charge in [0, 0.05) is 22.9 Å². The van der Waals surface area contributed by atoms with Crippen LogP contribution in [-0.4, -0.2) is 30.1 Å². The average molecular weight is 480 g/mol. The van der Waals surface area contributed by atoms with Gasteiger partial charge in [-0.3, -0.25) is 14.6 Å².